The Morgan fingerprint density at radius 3 is 2.00 bits per heavy atom. The van der Waals surface area contributed by atoms with E-state index in [1.165, 1.54) is 0 Å². The highest BCUT2D eigenvalue weighted by molar-refractivity contribution is 5.57. The van der Waals surface area contributed by atoms with Gasteiger partial charge < -0.3 is 19.9 Å². The summed E-state index contributed by atoms with van der Waals surface area (Å²) in [6.45, 7) is 0. The van der Waals surface area contributed by atoms with Crippen molar-refractivity contribution in [1.29, 1.82) is 5.26 Å². The lowest BCUT2D eigenvalue weighted by Crippen LogP contribution is -1.93. The van der Waals surface area contributed by atoms with Gasteiger partial charge in [0.05, 0.1) is 25.5 Å². The summed E-state index contributed by atoms with van der Waals surface area (Å²) < 4.78 is 16.0. The molecule has 2 N–H and O–H groups in total. The molecule has 5 nitrogen and oxygen atoms in total. The zero-order chi connectivity index (χ0) is 14.5. The molecule has 0 aromatic heterocycles. The van der Waals surface area contributed by atoms with E-state index < -0.39 is 0 Å². The molecule has 2 rings (SSSR count). The van der Waals surface area contributed by atoms with Crippen LogP contribution in [-0.4, -0.2) is 14.2 Å². The molecule has 0 fully saturated rings. The van der Waals surface area contributed by atoms with E-state index in [4.69, 9.17) is 25.2 Å². The quantitative estimate of drug-likeness (QED) is 0.864. The number of nitrogen functional groups attached to an aromatic ring is 1. The van der Waals surface area contributed by atoms with Gasteiger partial charge in [-0.1, -0.05) is 0 Å². The summed E-state index contributed by atoms with van der Waals surface area (Å²) in [4.78, 5) is 0. The van der Waals surface area contributed by atoms with E-state index in [-0.39, 0.29) is 0 Å². The fourth-order valence-electron chi connectivity index (χ4n) is 1.68. The Labute approximate surface area is 117 Å². The lowest BCUT2D eigenvalue weighted by molar-refractivity contribution is 0.386. The predicted molar refractivity (Wildman–Crippen MR) is 75.2 cm³/mol. The Morgan fingerprint density at radius 1 is 0.900 bits per heavy atom. The van der Waals surface area contributed by atoms with E-state index in [0.29, 0.717) is 34.2 Å². The number of hydrogen-bond acceptors (Lipinski definition) is 5. The van der Waals surface area contributed by atoms with Crippen molar-refractivity contribution in [2.45, 2.75) is 0 Å². The van der Waals surface area contributed by atoms with Crippen molar-refractivity contribution in [2.75, 3.05) is 20.0 Å². The zero-order valence-corrected chi connectivity index (χ0v) is 11.2. The summed E-state index contributed by atoms with van der Waals surface area (Å²) in [5.74, 6) is 2.35. The van der Waals surface area contributed by atoms with E-state index >= 15 is 0 Å². The molecule has 2 aromatic carbocycles. The van der Waals surface area contributed by atoms with Gasteiger partial charge in [-0.3, -0.25) is 0 Å². The molecule has 0 atom stereocenters. The minimum atomic E-state index is 0.375. The van der Waals surface area contributed by atoms with Gasteiger partial charge in [0.2, 0.25) is 0 Å². The summed E-state index contributed by atoms with van der Waals surface area (Å²) in [7, 11) is 3.14. The van der Waals surface area contributed by atoms with Crippen LogP contribution in [0.3, 0.4) is 0 Å². The molecule has 102 valence electrons. The van der Waals surface area contributed by atoms with Gasteiger partial charge in [0.1, 0.15) is 29.1 Å². The van der Waals surface area contributed by atoms with Crippen molar-refractivity contribution in [2.24, 2.45) is 0 Å². The maximum Gasteiger partial charge on any atom is 0.134 e. The number of benzene rings is 2. The van der Waals surface area contributed by atoms with Gasteiger partial charge in [0.25, 0.3) is 0 Å². The fraction of sp³-hybridized carbons (Fsp3) is 0.133. The van der Waals surface area contributed by atoms with Gasteiger partial charge in [-0.25, -0.2) is 0 Å². The lowest BCUT2D eigenvalue weighted by atomic mass is 10.2. The summed E-state index contributed by atoms with van der Waals surface area (Å²) in [6, 6.07) is 12.1. The molecule has 0 heterocycles. The topological polar surface area (TPSA) is 77.5 Å². The van der Waals surface area contributed by atoms with Gasteiger partial charge in [-0.2, -0.15) is 5.26 Å². The van der Waals surface area contributed by atoms with Crippen molar-refractivity contribution in [3.63, 3.8) is 0 Å². The van der Waals surface area contributed by atoms with Crippen molar-refractivity contribution < 1.29 is 14.2 Å². The predicted octanol–water partition coefficient (Wildman–Crippen LogP) is 2.95. The van der Waals surface area contributed by atoms with Gasteiger partial charge >= 0.3 is 0 Å². The van der Waals surface area contributed by atoms with Crippen molar-refractivity contribution in [3.8, 4) is 29.1 Å². The standard InChI is InChI=1S/C15H14N2O3/c1-18-12-5-13(19-2)7-14(6-12)20-11-4-3-10(9-16)15(17)8-11/h3-8H,17H2,1-2H3. The maximum atomic E-state index is 8.83. The normalized spacial score (nSPS) is 9.65. The molecule has 0 radical (unpaired) electrons. The second-order valence-corrected chi connectivity index (χ2v) is 4.01. The molecular weight excluding hydrogens is 256 g/mol. The van der Waals surface area contributed by atoms with E-state index in [0.717, 1.165) is 0 Å². The molecule has 0 unspecified atom stereocenters. The van der Waals surface area contributed by atoms with Crippen molar-refractivity contribution in [3.05, 3.63) is 42.0 Å². The Balaban J connectivity index is 2.30. The van der Waals surface area contributed by atoms with E-state index in [1.807, 2.05) is 6.07 Å². The average Bonchev–Trinajstić information content (AvgIpc) is 2.47. The highest BCUT2D eigenvalue weighted by Gasteiger charge is 2.06. The smallest absolute Gasteiger partial charge is 0.134 e. The molecule has 0 spiro atoms. The zero-order valence-electron chi connectivity index (χ0n) is 11.2. The Hall–Kier alpha value is -2.87. The first kappa shape index (κ1) is 13.6. The largest absolute Gasteiger partial charge is 0.496 e. The van der Waals surface area contributed by atoms with Crippen LogP contribution in [0.15, 0.2) is 36.4 Å². The van der Waals surface area contributed by atoms with Crippen LogP contribution in [0.25, 0.3) is 0 Å². The first-order chi connectivity index (χ1) is 9.66. The van der Waals surface area contributed by atoms with Gasteiger partial charge in [0, 0.05) is 24.3 Å². The van der Waals surface area contributed by atoms with Crippen LogP contribution < -0.4 is 19.9 Å². The summed E-state index contributed by atoms with van der Waals surface area (Å²) in [5.41, 5.74) is 6.54. The van der Waals surface area contributed by atoms with Crippen molar-refractivity contribution in [1.82, 2.24) is 0 Å². The molecule has 0 bridgehead atoms. The summed E-state index contributed by atoms with van der Waals surface area (Å²) in [5, 5.41) is 8.83. The molecule has 0 saturated heterocycles. The van der Waals surface area contributed by atoms with Crippen LogP contribution in [0.5, 0.6) is 23.0 Å². The lowest BCUT2D eigenvalue weighted by Gasteiger charge is -2.10. The second-order valence-electron chi connectivity index (χ2n) is 4.01. The minimum Gasteiger partial charge on any atom is -0.496 e. The monoisotopic (exact) mass is 270 g/mol. The van der Waals surface area contributed by atoms with Crippen LogP contribution in [-0.2, 0) is 0 Å². The summed E-state index contributed by atoms with van der Waals surface area (Å²) >= 11 is 0. The minimum absolute atomic E-state index is 0.375. The average molecular weight is 270 g/mol. The van der Waals surface area contributed by atoms with E-state index in [9.17, 15) is 0 Å². The number of nitriles is 1. The number of anilines is 1. The van der Waals surface area contributed by atoms with Crippen LogP contribution in [0.2, 0.25) is 0 Å². The number of nitrogens with two attached hydrogens (primary N) is 1. The SMILES string of the molecule is COc1cc(OC)cc(Oc2ccc(C#N)c(N)c2)c1. The number of rotatable bonds is 4. The number of hydrogen-bond donors (Lipinski definition) is 1. The van der Waals surface area contributed by atoms with E-state index in [2.05, 4.69) is 0 Å². The van der Waals surface area contributed by atoms with Gasteiger partial charge in [-0.15, -0.1) is 0 Å². The third-order valence-corrected chi connectivity index (χ3v) is 2.70. The number of ether oxygens (including phenoxy) is 3. The van der Waals surface area contributed by atoms with Crippen molar-refractivity contribution >= 4 is 5.69 Å². The highest BCUT2D eigenvalue weighted by atomic mass is 16.5. The number of methoxy groups -OCH3 is 2. The van der Waals surface area contributed by atoms with Crippen LogP contribution in [0.4, 0.5) is 5.69 Å². The Bertz CT molecular complexity index is 640. The summed E-state index contributed by atoms with van der Waals surface area (Å²) in [6.07, 6.45) is 0. The molecule has 20 heavy (non-hydrogen) atoms. The first-order valence-corrected chi connectivity index (χ1v) is 5.87. The third-order valence-electron chi connectivity index (χ3n) is 2.70. The van der Waals surface area contributed by atoms with Crippen LogP contribution >= 0.6 is 0 Å². The molecule has 0 aliphatic heterocycles. The third kappa shape index (κ3) is 2.93. The van der Waals surface area contributed by atoms with Gasteiger partial charge in [0.15, 0.2) is 0 Å². The Kier molecular flexibility index (Phi) is 3.96. The molecular formula is C15H14N2O3. The number of nitrogens with zero attached hydrogens (tertiary/aromatic N) is 1. The fourth-order valence-corrected chi connectivity index (χ4v) is 1.68. The highest BCUT2D eigenvalue weighted by Crippen LogP contribution is 2.31. The second kappa shape index (κ2) is 5.85. The molecule has 5 heteroatoms. The molecule has 0 saturated carbocycles. The maximum absolute atomic E-state index is 8.83. The van der Waals surface area contributed by atoms with Gasteiger partial charge in [-0.05, 0) is 12.1 Å². The molecule has 0 aliphatic carbocycles. The van der Waals surface area contributed by atoms with Crippen LogP contribution in [0.1, 0.15) is 5.56 Å². The molecule has 2 aromatic rings. The molecule has 0 amide bonds. The first-order valence-electron chi connectivity index (χ1n) is 5.87. The molecule has 0 aliphatic rings. The Morgan fingerprint density at radius 2 is 1.50 bits per heavy atom. The van der Waals surface area contributed by atoms with E-state index in [1.54, 1.807) is 50.6 Å². The van der Waals surface area contributed by atoms with Crippen LogP contribution in [0, 0.1) is 11.3 Å².